The fraction of sp³-hybridized carbons (Fsp3) is 0.385. The number of nitrogens with zero attached hydrogens (tertiary/aromatic N) is 2. The fourth-order valence-electron chi connectivity index (χ4n) is 2.12. The van der Waals surface area contributed by atoms with Gasteiger partial charge in [0.05, 0.1) is 43.2 Å². The number of halogens is 1. The molecule has 2 aromatic heterocycles. The highest BCUT2D eigenvalue weighted by molar-refractivity contribution is 9.10. The highest BCUT2D eigenvalue weighted by atomic mass is 79.9. The van der Waals surface area contributed by atoms with E-state index in [0.717, 1.165) is 9.99 Å². The van der Waals surface area contributed by atoms with Gasteiger partial charge in [0.15, 0.2) is 0 Å². The van der Waals surface area contributed by atoms with Gasteiger partial charge in [0, 0.05) is 17.2 Å². The maximum atomic E-state index is 12.2. The van der Waals surface area contributed by atoms with Crippen molar-refractivity contribution in [3.05, 3.63) is 34.6 Å². The van der Waals surface area contributed by atoms with Crippen LogP contribution in [-0.4, -0.2) is 48.0 Å². The number of amides is 1. The van der Waals surface area contributed by atoms with Crippen molar-refractivity contribution in [3.8, 4) is 0 Å². The van der Waals surface area contributed by atoms with E-state index < -0.39 is 0 Å². The highest BCUT2D eigenvalue weighted by Gasteiger charge is 2.18. The standard InChI is InChI=1S/C13H14BrN3O3/c14-11-2-1-3-17-12(11)10(7-16-17)13(18)15-6-9-8-19-4-5-20-9/h1-3,7,9H,4-6,8H2,(H,15,18). The van der Waals surface area contributed by atoms with E-state index in [1.807, 2.05) is 12.1 Å². The molecule has 1 saturated heterocycles. The van der Waals surface area contributed by atoms with Crippen molar-refractivity contribution in [2.75, 3.05) is 26.4 Å². The summed E-state index contributed by atoms with van der Waals surface area (Å²) in [6.07, 6.45) is 3.28. The van der Waals surface area contributed by atoms with Crippen molar-refractivity contribution >= 4 is 27.4 Å². The molecule has 1 fully saturated rings. The van der Waals surface area contributed by atoms with Gasteiger partial charge in [-0.2, -0.15) is 5.10 Å². The van der Waals surface area contributed by atoms with Crippen molar-refractivity contribution in [1.29, 1.82) is 0 Å². The Bertz CT molecular complexity index is 622. The number of pyridine rings is 1. The third-order valence-corrected chi connectivity index (χ3v) is 3.75. The molecule has 7 heteroatoms. The minimum atomic E-state index is -0.166. The summed E-state index contributed by atoms with van der Waals surface area (Å²) in [5, 5.41) is 7.02. The average Bonchev–Trinajstić information content (AvgIpc) is 2.91. The summed E-state index contributed by atoms with van der Waals surface area (Å²) in [5.41, 5.74) is 1.29. The number of aromatic nitrogens is 2. The predicted molar refractivity (Wildman–Crippen MR) is 75.8 cm³/mol. The Hall–Kier alpha value is -1.44. The smallest absolute Gasteiger partial charge is 0.255 e. The largest absolute Gasteiger partial charge is 0.376 e. The molecule has 3 rings (SSSR count). The summed E-state index contributed by atoms with van der Waals surface area (Å²) < 4.78 is 13.3. The number of carbonyl (C=O) groups excluding carboxylic acids is 1. The lowest BCUT2D eigenvalue weighted by molar-refractivity contribution is -0.0855. The zero-order chi connectivity index (χ0) is 13.9. The third kappa shape index (κ3) is 2.70. The van der Waals surface area contributed by atoms with Crippen LogP contribution in [0, 0.1) is 0 Å². The van der Waals surface area contributed by atoms with E-state index in [1.165, 1.54) is 0 Å². The zero-order valence-electron chi connectivity index (χ0n) is 10.7. The van der Waals surface area contributed by atoms with Crippen molar-refractivity contribution in [2.24, 2.45) is 0 Å². The second-order valence-electron chi connectivity index (χ2n) is 4.49. The predicted octanol–water partition coefficient (Wildman–Crippen LogP) is 1.24. The van der Waals surface area contributed by atoms with E-state index in [-0.39, 0.29) is 12.0 Å². The van der Waals surface area contributed by atoms with Gasteiger partial charge in [-0.15, -0.1) is 0 Å². The van der Waals surface area contributed by atoms with Crippen LogP contribution in [0.25, 0.3) is 5.52 Å². The van der Waals surface area contributed by atoms with E-state index in [4.69, 9.17) is 9.47 Å². The number of carbonyl (C=O) groups is 1. The maximum Gasteiger partial charge on any atom is 0.255 e. The van der Waals surface area contributed by atoms with Crippen LogP contribution in [0.1, 0.15) is 10.4 Å². The minimum Gasteiger partial charge on any atom is -0.376 e. The van der Waals surface area contributed by atoms with E-state index in [1.54, 1.807) is 16.9 Å². The Labute approximate surface area is 124 Å². The Morgan fingerprint density at radius 3 is 3.25 bits per heavy atom. The molecule has 0 bridgehead atoms. The van der Waals surface area contributed by atoms with Gasteiger partial charge in [0.1, 0.15) is 0 Å². The molecule has 1 atom stereocenters. The summed E-state index contributed by atoms with van der Waals surface area (Å²) in [4.78, 5) is 12.2. The Kier molecular flexibility index (Phi) is 4.00. The van der Waals surface area contributed by atoms with E-state index in [9.17, 15) is 4.79 Å². The molecule has 1 aliphatic rings. The summed E-state index contributed by atoms with van der Waals surface area (Å²) in [5.74, 6) is -0.166. The van der Waals surface area contributed by atoms with Crippen molar-refractivity contribution in [3.63, 3.8) is 0 Å². The second-order valence-corrected chi connectivity index (χ2v) is 5.34. The molecule has 3 heterocycles. The molecule has 0 saturated carbocycles. The summed E-state index contributed by atoms with van der Waals surface area (Å²) in [6, 6.07) is 3.74. The third-order valence-electron chi connectivity index (χ3n) is 3.11. The van der Waals surface area contributed by atoms with Gasteiger partial charge < -0.3 is 14.8 Å². The second kappa shape index (κ2) is 5.90. The number of hydrogen-bond donors (Lipinski definition) is 1. The van der Waals surface area contributed by atoms with Crippen LogP contribution in [-0.2, 0) is 9.47 Å². The lowest BCUT2D eigenvalue weighted by Crippen LogP contribution is -2.39. The van der Waals surface area contributed by atoms with E-state index in [2.05, 4.69) is 26.3 Å². The monoisotopic (exact) mass is 339 g/mol. The van der Waals surface area contributed by atoms with Crippen molar-refractivity contribution in [1.82, 2.24) is 14.9 Å². The molecule has 1 amide bonds. The van der Waals surface area contributed by atoms with Gasteiger partial charge in [-0.25, -0.2) is 4.52 Å². The molecule has 1 unspecified atom stereocenters. The molecule has 2 aromatic rings. The van der Waals surface area contributed by atoms with Crippen LogP contribution >= 0.6 is 15.9 Å². The van der Waals surface area contributed by atoms with Crippen LogP contribution in [0.3, 0.4) is 0 Å². The van der Waals surface area contributed by atoms with Crippen LogP contribution < -0.4 is 5.32 Å². The van der Waals surface area contributed by atoms with Gasteiger partial charge in [-0.1, -0.05) is 0 Å². The summed E-state index contributed by atoms with van der Waals surface area (Å²) in [7, 11) is 0. The number of ether oxygens (including phenoxy) is 2. The van der Waals surface area contributed by atoms with Crippen LogP contribution in [0.15, 0.2) is 29.0 Å². The van der Waals surface area contributed by atoms with Gasteiger partial charge in [-0.3, -0.25) is 4.79 Å². The fourth-order valence-corrected chi connectivity index (χ4v) is 2.67. The van der Waals surface area contributed by atoms with Gasteiger partial charge >= 0.3 is 0 Å². The average molecular weight is 340 g/mol. The summed E-state index contributed by atoms with van der Waals surface area (Å²) in [6.45, 7) is 2.13. The van der Waals surface area contributed by atoms with E-state index >= 15 is 0 Å². The number of hydrogen-bond acceptors (Lipinski definition) is 4. The highest BCUT2D eigenvalue weighted by Crippen LogP contribution is 2.21. The van der Waals surface area contributed by atoms with Gasteiger partial charge in [-0.05, 0) is 28.1 Å². The molecule has 1 aliphatic heterocycles. The molecule has 6 nitrogen and oxygen atoms in total. The first-order chi connectivity index (χ1) is 9.75. The van der Waals surface area contributed by atoms with Crippen LogP contribution in [0.5, 0.6) is 0 Å². The number of nitrogens with one attached hydrogen (secondary N) is 1. The minimum absolute atomic E-state index is 0.0852. The molecule has 0 aromatic carbocycles. The SMILES string of the molecule is O=C(NCC1COCCO1)c1cnn2cccc(Br)c12. The lowest BCUT2D eigenvalue weighted by Gasteiger charge is -2.22. The zero-order valence-corrected chi connectivity index (χ0v) is 12.3. The molecule has 0 spiro atoms. The summed E-state index contributed by atoms with van der Waals surface area (Å²) >= 11 is 3.44. The van der Waals surface area contributed by atoms with Crippen LogP contribution in [0.4, 0.5) is 0 Å². The van der Waals surface area contributed by atoms with E-state index in [0.29, 0.717) is 31.9 Å². The lowest BCUT2D eigenvalue weighted by atomic mass is 10.2. The van der Waals surface area contributed by atoms with Crippen molar-refractivity contribution in [2.45, 2.75) is 6.10 Å². The topological polar surface area (TPSA) is 64.9 Å². The van der Waals surface area contributed by atoms with Gasteiger partial charge in [0.2, 0.25) is 0 Å². The molecule has 106 valence electrons. The molecule has 0 aliphatic carbocycles. The quantitative estimate of drug-likeness (QED) is 0.913. The Morgan fingerprint density at radius 1 is 1.55 bits per heavy atom. The molecule has 1 N–H and O–H groups in total. The van der Waals surface area contributed by atoms with Crippen LogP contribution in [0.2, 0.25) is 0 Å². The molecule has 20 heavy (non-hydrogen) atoms. The first-order valence-corrected chi connectivity index (χ1v) is 7.14. The Balaban J connectivity index is 1.72. The maximum absolute atomic E-state index is 12.2. The van der Waals surface area contributed by atoms with Crippen molar-refractivity contribution < 1.29 is 14.3 Å². The Morgan fingerprint density at radius 2 is 2.45 bits per heavy atom. The normalized spacial score (nSPS) is 19.1. The molecule has 0 radical (unpaired) electrons. The molecular weight excluding hydrogens is 326 g/mol. The van der Waals surface area contributed by atoms with Gasteiger partial charge in [0.25, 0.3) is 5.91 Å². The first kappa shape index (κ1) is 13.5. The number of fused-ring (bicyclic) bond motifs is 1. The number of rotatable bonds is 3. The first-order valence-electron chi connectivity index (χ1n) is 6.35. The molecular formula is C13H14BrN3O3.